The topological polar surface area (TPSA) is 93.7 Å². The van der Waals surface area contributed by atoms with E-state index < -0.39 is 5.54 Å². The molecule has 0 N–H and O–H groups in total. The number of hydrogen-bond donors (Lipinski definition) is 0. The van der Waals surface area contributed by atoms with Crippen molar-refractivity contribution in [1.82, 2.24) is 24.6 Å². The summed E-state index contributed by atoms with van der Waals surface area (Å²) in [5, 5.41) is 5.77. The van der Waals surface area contributed by atoms with Gasteiger partial charge in [0.05, 0.1) is 18.3 Å². The molecule has 0 saturated carbocycles. The van der Waals surface area contributed by atoms with Gasteiger partial charge in [-0.3, -0.25) is 9.59 Å². The summed E-state index contributed by atoms with van der Waals surface area (Å²) < 4.78 is 12.9. The Morgan fingerprint density at radius 2 is 1.89 bits per heavy atom. The molecule has 10 heteroatoms. The lowest BCUT2D eigenvalue weighted by Crippen LogP contribution is -2.62. The van der Waals surface area contributed by atoms with Crippen molar-refractivity contribution in [2.45, 2.75) is 26.3 Å². The van der Waals surface area contributed by atoms with Gasteiger partial charge in [-0.2, -0.15) is 0 Å². The number of fused-ring (bicyclic) bond motifs is 1. The zero-order valence-corrected chi connectivity index (χ0v) is 21.2. The van der Waals surface area contributed by atoms with Gasteiger partial charge in [-0.15, -0.1) is 5.10 Å². The number of methoxy groups -OCH3 is 1. The van der Waals surface area contributed by atoms with Gasteiger partial charge in [0.15, 0.2) is 17.1 Å². The van der Waals surface area contributed by atoms with Crippen LogP contribution >= 0.6 is 11.6 Å². The lowest BCUT2D eigenvalue weighted by atomic mass is 9.98. The standard InChI is InChI=1S/C26H26ClN5O4/c1-16-19-9-6-10-20(35-4)22(19)36-21(16)24(33)30-11-12-31(26(2,3)14-30)25(34)23-28-15-32(29-23)18-8-5-7-17(27)13-18/h5-10,13,15H,11-12,14H2,1-4H3. The average molecular weight is 508 g/mol. The van der Waals surface area contributed by atoms with Crippen LogP contribution in [0.1, 0.15) is 40.6 Å². The average Bonchev–Trinajstić information content (AvgIpc) is 3.48. The van der Waals surface area contributed by atoms with Gasteiger partial charge in [0.2, 0.25) is 5.82 Å². The molecule has 1 fully saturated rings. The second-order valence-corrected chi connectivity index (χ2v) is 9.82. The fourth-order valence-corrected chi connectivity index (χ4v) is 4.84. The highest BCUT2D eigenvalue weighted by Gasteiger charge is 2.41. The van der Waals surface area contributed by atoms with Gasteiger partial charge in [-0.1, -0.05) is 29.8 Å². The number of para-hydroxylation sites is 1. The van der Waals surface area contributed by atoms with Gasteiger partial charge in [-0.25, -0.2) is 9.67 Å². The van der Waals surface area contributed by atoms with E-state index in [0.717, 1.165) is 10.9 Å². The van der Waals surface area contributed by atoms with Gasteiger partial charge in [0.1, 0.15) is 6.33 Å². The van der Waals surface area contributed by atoms with E-state index in [-0.39, 0.29) is 23.4 Å². The summed E-state index contributed by atoms with van der Waals surface area (Å²) >= 11 is 6.07. The molecular formula is C26H26ClN5O4. The van der Waals surface area contributed by atoms with Gasteiger partial charge < -0.3 is 19.0 Å². The summed E-state index contributed by atoms with van der Waals surface area (Å²) in [5.74, 6) is 0.442. The molecule has 36 heavy (non-hydrogen) atoms. The van der Waals surface area contributed by atoms with E-state index in [1.54, 1.807) is 41.2 Å². The minimum atomic E-state index is -0.649. The molecule has 3 heterocycles. The fraction of sp³-hybridized carbons (Fsp3) is 0.308. The van der Waals surface area contributed by atoms with Crippen LogP contribution in [0.4, 0.5) is 0 Å². The Hall–Kier alpha value is -3.85. The van der Waals surface area contributed by atoms with Crippen molar-refractivity contribution in [1.29, 1.82) is 0 Å². The predicted molar refractivity (Wildman–Crippen MR) is 135 cm³/mol. The Kier molecular flexibility index (Phi) is 5.96. The van der Waals surface area contributed by atoms with Crippen molar-refractivity contribution in [2.75, 3.05) is 26.7 Å². The van der Waals surface area contributed by atoms with E-state index in [0.29, 0.717) is 41.7 Å². The summed E-state index contributed by atoms with van der Waals surface area (Å²) in [6.45, 7) is 6.74. The molecule has 1 aliphatic heterocycles. The highest BCUT2D eigenvalue weighted by Crippen LogP contribution is 2.33. The number of piperazine rings is 1. The number of carbonyl (C=O) groups is 2. The molecule has 0 bridgehead atoms. The van der Waals surface area contributed by atoms with E-state index in [4.69, 9.17) is 20.8 Å². The third-order valence-corrected chi connectivity index (χ3v) is 6.77. The van der Waals surface area contributed by atoms with Gasteiger partial charge >= 0.3 is 0 Å². The number of aromatic nitrogens is 3. The lowest BCUT2D eigenvalue weighted by molar-refractivity contribution is 0.0149. The largest absolute Gasteiger partial charge is 0.493 e. The second kappa shape index (κ2) is 8.98. The first kappa shape index (κ1) is 23.9. The van der Waals surface area contributed by atoms with Crippen molar-refractivity contribution in [3.8, 4) is 11.4 Å². The van der Waals surface area contributed by atoms with Crippen molar-refractivity contribution in [2.24, 2.45) is 0 Å². The number of aryl methyl sites for hydroxylation is 1. The molecule has 0 unspecified atom stereocenters. The Morgan fingerprint density at radius 1 is 1.11 bits per heavy atom. The molecule has 0 aliphatic carbocycles. The molecule has 1 aliphatic rings. The molecule has 2 aromatic carbocycles. The van der Waals surface area contributed by atoms with Crippen LogP contribution in [-0.2, 0) is 0 Å². The number of nitrogens with zero attached hydrogens (tertiary/aromatic N) is 5. The Balaban J connectivity index is 1.35. The molecule has 0 spiro atoms. The Labute approximate surface area is 213 Å². The SMILES string of the molecule is COc1cccc2c(C)c(C(=O)N3CCN(C(=O)c4ncn(-c5cccc(Cl)c5)n4)C(C)(C)C3)oc12. The number of benzene rings is 2. The number of hydrogen-bond acceptors (Lipinski definition) is 6. The second-order valence-electron chi connectivity index (χ2n) is 9.38. The first-order chi connectivity index (χ1) is 17.2. The summed E-state index contributed by atoms with van der Waals surface area (Å²) in [6.07, 6.45) is 1.49. The van der Waals surface area contributed by atoms with E-state index >= 15 is 0 Å². The number of amides is 2. The Morgan fingerprint density at radius 3 is 2.61 bits per heavy atom. The smallest absolute Gasteiger partial charge is 0.294 e. The summed E-state index contributed by atoms with van der Waals surface area (Å²) in [7, 11) is 1.57. The molecule has 2 aromatic heterocycles. The molecule has 9 nitrogen and oxygen atoms in total. The third kappa shape index (κ3) is 4.09. The van der Waals surface area contributed by atoms with Gasteiger partial charge in [-0.05, 0) is 45.0 Å². The zero-order valence-electron chi connectivity index (χ0n) is 20.5. The fourth-order valence-electron chi connectivity index (χ4n) is 4.66. The van der Waals surface area contributed by atoms with Crippen molar-refractivity contribution in [3.05, 3.63) is 71.0 Å². The zero-order chi connectivity index (χ0) is 25.6. The number of halogens is 1. The number of rotatable bonds is 4. The van der Waals surface area contributed by atoms with Crippen LogP contribution in [-0.4, -0.2) is 68.7 Å². The van der Waals surface area contributed by atoms with Crippen molar-refractivity contribution in [3.63, 3.8) is 0 Å². The maximum atomic E-state index is 13.5. The van der Waals surface area contributed by atoms with Crippen LogP contribution < -0.4 is 4.74 Å². The van der Waals surface area contributed by atoms with Crippen LogP contribution in [0.25, 0.3) is 16.7 Å². The minimum Gasteiger partial charge on any atom is -0.493 e. The van der Waals surface area contributed by atoms with Crippen molar-refractivity contribution < 1.29 is 18.7 Å². The van der Waals surface area contributed by atoms with Crippen LogP contribution in [0.15, 0.2) is 53.2 Å². The normalized spacial score (nSPS) is 15.4. The molecular weight excluding hydrogens is 482 g/mol. The molecule has 0 radical (unpaired) electrons. The lowest BCUT2D eigenvalue weighted by Gasteiger charge is -2.46. The van der Waals surface area contributed by atoms with E-state index in [1.165, 1.54) is 11.0 Å². The minimum absolute atomic E-state index is 0.0862. The van der Waals surface area contributed by atoms with Gasteiger partial charge in [0, 0.05) is 35.6 Å². The van der Waals surface area contributed by atoms with Crippen LogP contribution in [0.5, 0.6) is 5.75 Å². The van der Waals surface area contributed by atoms with Crippen molar-refractivity contribution >= 4 is 34.4 Å². The summed E-state index contributed by atoms with van der Waals surface area (Å²) in [6, 6.07) is 12.7. The predicted octanol–water partition coefficient (Wildman–Crippen LogP) is 4.36. The number of carbonyl (C=O) groups excluding carboxylic acids is 2. The Bertz CT molecular complexity index is 1470. The molecule has 186 valence electrons. The number of furan rings is 1. The third-order valence-electron chi connectivity index (χ3n) is 6.53. The molecule has 5 rings (SSSR count). The van der Waals surface area contributed by atoms with Crippen LogP contribution in [0.3, 0.4) is 0 Å². The highest BCUT2D eigenvalue weighted by atomic mass is 35.5. The van der Waals surface area contributed by atoms with Crippen LogP contribution in [0.2, 0.25) is 5.02 Å². The monoisotopic (exact) mass is 507 g/mol. The first-order valence-corrected chi connectivity index (χ1v) is 11.9. The maximum absolute atomic E-state index is 13.5. The maximum Gasteiger partial charge on any atom is 0.294 e. The van der Waals surface area contributed by atoms with E-state index in [9.17, 15) is 9.59 Å². The summed E-state index contributed by atoms with van der Waals surface area (Å²) in [5.41, 5.74) is 1.38. The summed E-state index contributed by atoms with van der Waals surface area (Å²) in [4.78, 5) is 34.5. The van der Waals surface area contributed by atoms with Gasteiger partial charge in [0.25, 0.3) is 11.8 Å². The highest BCUT2D eigenvalue weighted by molar-refractivity contribution is 6.30. The van der Waals surface area contributed by atoms with Crippen LogP contribution in [0, 0.1) is 6.92 Å². The molecule has 0 atom stereocenters. The first-order valence-electron chi connectivity index (χ1n) is 11.5. The molecule has 2 amide bonds. The molecule has 1 saturated heterocycles. The quantitative estimate of drug-likeness (QED) is 0.407. The van der Waals surface area contributed by atoms with E-state index in [2.05, 4.69) is 10.1 Å². The molecule has 4 aromatic rings. The number of ether oxygens (including phenoxy) is 1. The van der Waals surface area contributed by atoms with E-state index in [1.807, 2.05) is 39.0 Å².